The van der Waals surface area contributed by atoms with Crippen LogP contribution in [0.5, 0.6) is 0 Å². The number of nitrogens with one attached hydrogen (secondary N) is 1. The lowest BCUT2D eigenvalue weighted by Crippen LogP contribution is -2.32. The van der Waals surface area contributed by atoms with Crippen LogP contribution >= 0.6 is 0 Å². The van der Waals surface area contributed by atoms with Gasteiger partial charge in [-0.1, -0.05) is 25.2 Å². The molecule has 0 amide bonds. The van der Waals surface area contributed by atoms with Gasteiger partial charge in [-0.3, -0.25) is 0 Å². The standard InChI is InChI=1S/C14H18FNO3S/c1-3-5-11(2)16-20(18,19)14-8-7-13(15)10-12(14)6-4-9-17/h7-8,10-11,16-17H,3,5,9H2,1-2H3. The van der Waals surface area contributed by atoms with Gasteiger partial charge in [0.15, 0.2) is 0 Å². The van der Waals surface area contributed by atoms with E-state index in [4.69, 9.17) is 5.11 Å². The summed E-state index contributed by atoms with van der Waals surface area (Å²) in [7, 11) is -3.76. The molecular formula is C14H18FNO3S. The van der Waals surface area contributed by atoms with Crippen molar-refractivity contribution in [2.24, 2.45) is 0 Å². The summed E-state index contributed by atoms with van der Waals surface area (Å²) in [5.74, 6) is 4.21. The van der Waals surface area contributed by atoms with Crippen molar-refractivity contribution in [2.75, 3.05) is 6.61 Å². The van der Waals surface area contributed by atoms with E-state index in [1.807, 2.05) is 6.92 Å². The van der Waals surface area contributed by atoms with Crippen LogP contribution in [0.3, 0.4) is 0 Å². The number of aliphatic hydroxyl groups excluding tert-OH is 1. The van der Waals surface area contributed by atoms with Crippen molar-refractivity contribution in [1.29, 1.82) is 0 Å². The number of hydrogen-bond donors (Lipinski definition) is 2. The molecule has 1 atom stereocenters. The molecule has 110 valence electrons. The van der Waals surface area contributed by atoms with Gasteiger partial charge in [0.05, 0.1) is 4.90 Å². The number of hydrogen-bond acceptors (Lipinski definition) is 3. The zero-order valence-electron chi connectivity index (χ0n) is 11.5. The van der Waals surface area contributed by atoms with Gasteiger partial charge in [-0.25, -0.2) is 17.5 Å². The van der Waals surface area contributed by atoms with Crippen LogP contribution in [0.15, 0.2) is 23.1 Å². The number of halogens is 1. The van der Waals surface area contributed by atoms with E-state index in [2.05, 4.69) is 16.6 Å². The first-order valence-electron chi connectivity index (χ1n) is 6.32. The van der Waals surface area contributed by atoms with Crippen molar-refractivity contribution in [1.82, 2.24) is 4.72 Å². The van der Waals surface area contributed by atoms with Gasteiger partial charge in [-0.2, -0.15) is 0 Å². The highest BCUT2D eigenvalue weighted by Gasteiger charge is 2.20. The van der Waals surface area contributed by atoms with E-state index in [0.29, 0.717) is 6.42 Å². The van der Waals surface area contributed by atoms with Crippen molar-refractivity contribution in [3.05, 3.63) is 29.6 Å². The fraction of sp³-hybridized carbons (Fsp3) is 0.429. The Morgan fingerprint density at radius 1 is 1.45 bits per heavy atom. The molecule has 1 rings (SSSR count). The molecule has 0 aliphatic heterocycles. The van der Waals surface area contributed by atoms with Crippen LogP contribution in [-0.2, 0) is 10.0 Å². The van der Waals surface area contributed by atoms with Crippen molar-refractivity contribution in [3.63, 3.8) is 0 Å². The molecule has 0 heterocycles. The van der Waals surface area contributed by atoms with Crippen molar-refractivity contribution < 1.29 is 17.9 Å². The van der Waals surface area contributed by atoms with Gasteiger partial charge in [0.2, 0.25) is 10.0 Å². The molecule has 0 saturated carbocycles. The van der Waals surface area contributed by atoms with Crippen LogP contribution < -0.4 is 4.72 Å². The first-order valence-corrected chi connectivity index (χ1v) is 7.80. The highest BCUT2D eigenvalue weighted by molar-refractivity contribution is 7.89. The van der Waals surface area contributed by atoms with Crippen LogP contribution in [-0.4, -0.2) is 26.2 Å². The van der Waals surface area contributed by atoms with Crippen LogP contribution in [0, 0.1) is 17.7 Å². The fourth-order valence-corrected chi connectivity index (χ4v) is 3.21. The van der Waals surface area contributed by atoms with E-state index < -0.39 is 22.4 Å². The number of rotatable bonds is 5. The molecule has 0 fully saturated rings. The maximum atomic E-state index is 13.2. The second-order valence-corrected chi connectivity index (χ2v) is 6.09. The average molecular weight is 299 g/mol. The number of aliphatic hydroxyl groups is 1. The second kappa shape index (κ2) is 7.39. The lowest BCUT2D eigenvalue weighted by molar-refractivity contribution is 0.350. The maximum absolute atomic E-state index is 13.2. The van der Waals surface area contributed by atoms with Crippen molar-refractivity contribution in [3.8, 4) is 11.8 Å². The van der Waals surface area contributed by atoms with Crippen LogP contribution in [0.2, 0.25) is 0 Å². The lowest BCUT2D eigenvalue weighted by atomic mass is 10.2. The third-order valence-electron chi connectivity index (χ3n) is 2.61. The summed E-state index contributed by atoms with van der Waals surface area (Å²) >= 11 is 0. The minimum Gasteiger partial charge on any atom is -0.384 e. The second-order valence-electron chi connectivity index (χ2n) is 4.41. The van der Waals surface area contributed by atoms with E-state index in [0.717, 1.165) is 18.6 Å². The van der Waals surface area contributed by atoms with E-state index in [1.54, 1.807) is 6.92 Å². The summed E-state index contributed by atoms with van der Waals surface area (Å²) in [5.41, 5.74) is 0.0373. The Morgan fingerprint density at radius 2 is 2.15 bits per heavy atom. The predicted octanol–water partition coefficient (Wildman–Crippen LogP) is 1.64. The molecule has 0 saturated heterocycles. The quantitative estimate of drug-likeness (QED) is 0.812. The van der Waals surface area contributed by atoms with E-state index in [-0.39, 0.29) is 16.5 Å². The highest BCUT2D eigenvalue weighted by atomic mass is 32.2. The molecule has 0 aliphatic rings. The molecule has 1 unspecified atom stereocenters. The Hall–Kier alpha value is -1.42. The molecular weight excluding hydrogens is 281 g/mol. The smallest absolute Gasteiger partial charge is 0.242 e. The molecule has 20 heavy (non-hydrogen) atoms. The normalized spacial score (nSPS) is 12.6. The first kappa shape index (κ1) is 16.6. The number of benzene rings is 1. The summed E-state index contributed by atoms with van der Waals surface area (Å²) in [6, 6.07) is 3.08. The van der Waals surface area contributed by atoms with Gasteiger partial charge in [-0.05, 0) is 31.5 Å². The summed E-state index contributed by atoms with van der Waals surface area (Å²) in [6.07, 6.45) is 1.56. The van der Waals surface area contributed by atoms with Gasteiger partial charge in [0.1, 0.15) is 12.4 Å². The molecule has 1 aromatic carbocycles. The fourth-order valence-electron chi connectivity index (χ4n) is 1.79. The Kier molecular flexibility index (Phi) is 6.14. The van der Waals surface area contributed by atoms with Gasteiger partial charge < -0.3 is 5.11 Å². The van der Waals surface area contributed by atoms with Crippen LogP contribution in [0.4, 0.5) is 4.39 Å². The molecule has 0 aliphatic carbocycles. The molecule has 0 aromatic heterocycles. The summed E-state index contributed by atoms with van der Waals surface area (Å²) < 4.78 is 40.2. The largest absolute Gasteiger partial charge is 0.384 e. The molecule has 1 aromatic rings. The summed E-state index contributed by atoms with van der Waals surface area (Å²) in [5, 5.41) is 8.67. The predicted molar refractivity (Wildman–Crippen MR) is 75.1 cm³/mol. The Balaban J connectivity index is 3.17. The molecule has 2 N–H and O–H groups in total. The Morgan fingerprint density at radius 3 is 2.75 bits per heavy atom. The zero-order chi connectivity index (χ0) is 15.2. The minimum absolute atomic E-state index is 0.0373. The lowest BCUT2D eigenvalue weighted by Gasteiger charge is -2.14. The summed E-state index contributed by atoms with van der Waals surface area (Å²) in [6.45, 7) is 3.31. The highest BCUT2D eigenvalue weighted by Crippen LogP contribution is 2.17. The summed E-state index contributed by atoms with van der Waals surface area (Å²) in [4.78, 5) is -0.0807. The van der Waals surface area contributed by atoms with Gasteiger partial charge in [0.25, 0.3) is 0 Å². The maximum Gasteiger partial charge on any atom is 0.242 e. The Labute approximate surface area is 119 Å². The van der Waals surface area contributed by atoms with Gasteiger partial charge in [0, 0.05) is 11.6 Å². The number of sulfonamides is 1. The average Bonchev–Trinajstić information content (AvgIpc) is 2.35. The van der Waals surface area contributed by atoms with Gasteiger partial charge in [-0.15, -0.1) is 0 Å². The SMILES string of the molecule is CCCC(C)NS(=O)(=O)c1ccc(F)cc1C#CCO. The molecule has 6 heteroatoms. The monoisotopic (exact) mass is 299 g/mol. The van der Waals surface area contributed by atoms with Crippen molar-refractivity contribution >= 4 is 10.0 Å². The van der Waals surface area contributed by atoms with Crippen LogP contribution in [0.1, 0.15) is 32.3 Å². The third kappa shape index (κ3) is 4.60. The van der Waals surface area contributed by atoms with Gasteiger partial charge >= 0.3 is 0 Å². The molecule has 4 nitrogen and oxygen atoms in total. The van der Waals surface area contributed by atoms with Crippen molar-refractivity contribution in [2.45, 2.75) is 37.6 Å². The molecule has 0 bridgehead atoms. The first-order chi connectivity index (χ1) is 9.40. The minimum atomic E-state index is -3.76. The molecule has 0 spiro atoms. The van der Waals surface area contributed by atoms with E-state index in [1.165, 1.54) is 6.07 Å². The van der Waals surface area contributed by atoms with Crippen LogP contribution in [0.25, 0.3) is 0 Å². The topological polar surface area (TPSA) is 66.4 Å². The zero-order valence-corrected chi connectivity index (χ0v) is 12.3. The Bertz CT molecular complexity index is 617. The van der Waals surface area contributed by atoms with E-state index >= 15 is 0 Å². The third-order valence-corrected chi connectivity index (χ3v) is 4.26. The van der Waals surface area contributed by atoms with E-state index in [9.17, 15) is 12.8 Å². The molecule has 0 radical (unpaired) electrons.